The van der Waals surface area contributed by atoms with Crippen LogP contribution in [0.1, 0.15) is 25.3 Å². The molecule has 0 radical (unpaired) electrons. The second-order valence-corrected chi connectivity index (χ2v) is 5.26. The van der Waals surface area contributed by atoms with E-state index in [1.165, 1.54) is 6.33 Å². The van der Waals surface area contributed by atoms with E-state index in [0.29, 0.717) is 22.3 Å². The molecule has 0 aliphatic heterocycles. The summed E-state index contributed by atoms with van der Waals surface area (Å²) in [6, 6.07) is 5.73. The van der Waals surface area contributed by atoms with Gasteiger partial charge in [0.25, 0.3) is 0 Å². The molecule has 0 saturated carbocycles. The first-order valence-electron chi connectivity index (χ1n) is 6.99. The Morgan fingerprint density at radius 3 is 2.71 bits per heavy atom. The second kappa shape index (κ2) is 7.13. The maximum Gasteiger partial charge on any atom is 0.159 e. The molecule has 4 N–H and O–H groups in total. The lowest BCUT2D eigenvalue weighted by Crippen LogP contribution is -2.09. The summed E-state index contributed by atoms with van der Waals surface area (Å²) < 4.78 is 0. The van der Waals surface area contributed by atoms with Crippen molar-refractivity contribution in [2.75, 3.05) is 22.9 Å². The lowest BCUT2D eigenvalue weighted by molar-refractivity contribution is 0.831. The van der Waals surface area contributed by atoms with Gasteiger partial charge in [-0.25, -0.2) is 9.97 Å². The van der Waals surface area contributed by atoms with Crippen molar-refractivity contribution < 1.29 is 0 Å². The lowest BCUT2D eigenvalue weighted by atomic mass is 10.2. The van der Waals surface area contributed by atoms with Crippen molar-refractivity contribution in [3.05, 3.63) is 35.1 Å². The Labute approximate surface area is 129 Å². The number of nitrogens with one attached hydrogen (secondary N) is 2. The summed E-state index contributed by atoms with van der Waals surface area (Å²) in [5.41, 5.74) is 8.47. The van der Waals surface area contributed by atoms with E-state index in [-0.39, 0.29) is 0 Å². The van der Waals surface area contributed by atoms with Gasteiger partial charge in [0.15, 0.2) is 11.6 Å². The van der Waals surface area contributed by atoms with Gasteiger partial charge in [0.1, 0.15) is 12.0 Å². The van der Waals surface area contributed by atoms with Gasteiger partial charge in [-0.2, -0.15) is 0 Å². The largest absolute Gasteiger partial charge is 0.393 e. The van der Waals surface area contributed by atoms with Crippen LogP contribution in [0.15, 0.2) is 24.5 Å². The second-order valence-electron chi connectivity index (χ2n) is 4.85. The Kier molecular flexibility index (Phi) is 5.22. The number of hydrogen-bond donors (Lipinski definition) is 3. The van der Waals surface area contributed by atoms with Crippen LogP contribution in [0.25, 0.3) is 0 Å². The van der Waals surface area contributed by atoms with Crippen molar-refractivity contribution in [3.63, 3.8) is 0 Å². The van der Waals surface area contributed by atoms with Gasteiger partial charge in [0.2, 0.25) is 0 Å². The molecule has 0 bridgehead atoms. The Morgan fingerprint density at radius 2 is 2.00 bits per heavy atom. The molecule has 6 heteroatoms. The fourth-order valence-corrected chi connectivity index (χ4v) is 2.01. The number of nitrogens with zero attached hydrogens (tertiary/aromatic N) is 2. The minimum absolute atomic E-state index is 0.505. The molecule has 21 heavy (non-hydrogen) atoms. The van der Waals surface area contributed by atoms with Crippen molar-refractivity contribution in [1.29, 1.82) is 0 Å². The van der Waals surface area contributed by atoms with Gasteiger partial charge in [-0.15, -0.1) is 0 Å². The fraction of sp³-hybridized carbons (Fsp3) is 0.333. The summed E-state index contributed by atoms with van der Waals surface area (Å²) >= 11 is 6.12. The molecule has 0 aliphatic rings. The normalized spacial score (nSPS) is 10.4. The number of unbranched alkanes of at least 4 members (excludes halogenated alkanes) is 1. The maximum atomic E-state index is 6.12. The van der Waals surface area contributed by atoms with Crippen LogP contribution in [0, 0.1) is 6.92 Å². The Hall–Kier alpha value is -2.01. The number of nitrogen functional groups attached to an aromatic ring is 1. The number of halogens is 1. The van der Waals surface area contributed by atoms with E-state index in [1.54, 1.807) is 0 Å². The lowest BCUT2D eigenvalue weighted by Gasteiger charge is -2.12. The predicted octanol–water partition coefficient (Wildman–Crippen LogP) is 3.98. The summed E-state index contributed by atoms with van der Waals surface area (Å²) in [6.07, 6.45) is 3.67. The molecule has 1 aromatic heterocycles. The van der Waals surface area contributed by atoms with Gasteiger partial charge in [-0.3, -0.25) is 0 Å². The van der Waals surface area contributed by atoms with Crippen molar-refractivity contribution in [2.24, 2.45) is 0 Å². The van der Waals surface area contributed by atoms with Crippen molar-refractivity contribution in [2.45, 2.75) is 26.7 Å². The van der Waals surface area contributed by atoms with E-state index < -0.39 is 0 Å². The molecule has 2 aromatic rings. The number of benzene rings is 1. The zero-order valence-electron chi connectivity index (χ0n) is 12.3. The topological polar surface area (TPSA) is 75.9 Å². The molecule has 0 atom stereocenters. The average Bonchev–Trinajstić information content (AvgIpc) is 2.47. The highest BCUT2D eigenvalue weighted by Gasteiger charge is 2.08. The number of aryl methyl sites for hydroxylation is 1. The van der Waals surface area contributed by atoms with Crippen LogP contribution in [0.4, 0.5) is 23.0 Å². The van der Waals surface area contributed by atoms with Gasteiger partial charge in [-0.05, 0) is 31.0 Å². The summed E-state index contributed by atoms with van der Waals surface area (Å²) in [5.74, 6) is 1.23. The Morgan fingerprint density at radius 1 is 1.24 bits per heavy atom. The zero-order valence-corrected chi connectivity index (χ0v) is 13.0. The third-order valence-electron chi connectivity index (χ3n) is 3.14. The molecule has 0 amide bonds. The smallest absolute Gasteiger partial charge is 0.159 e. The maximum absolute atomic E-state index is 6.12. The third-order valence-corrected chi connectivity index (χ3v) is 3.55. The van der Waals surface area contributed by atoms with E-state index in [0.717, 1.165) is 30.6 Å². The molecular formula is C15H20ClN5. The van der Waals surface area contributed by atoms with Gasteiger partial charge in [-0.1, -0.05) is 31.0 Å². The predicted molar refractivity (Wildman–Crippen MR) is 89.3 cm³/mol. The van der Waals surface area contributed by atoms with Crippen LogP contribution in [-0.2, 0) is 0 Å². The zero-order chi connectivity index (χ0) is 15.2. The average molecular weight is 306 g/mol. The summed E-state index contributed by atoms with van der Waals surface area (Å²) in [6.45, 7) is 4.94. The molecule has 0 spiro atoms. The van der Waals surface area contributed by atoms with Gasteiger partial charge in [0, 0.05) is 17.3 Å². The highest BCUT2D eigenvalue weighted by molar-refractivity contribution is 6.31. The number of hydrogen-bond acceptors (Lipinski definition) is 5. The van der Waals surface area contributed by atoms with E-state index in [2.05, 4.69) is 27.5 Å². The number of rotatable bonds is 6. The van der Waals surface area contributed by atoms with Crippen LogP contribution < -0.4 is 16.4 Å². The summed E-state index contributed by atoms with van der Waals surface area (Å²) in [4.78, 5) is 8.35. The molecular weight excluding hydrogens is 286 g/mol. The first-order valence-corrected chi connectivity index (χ1v) is 7.37. The quantitative estimate of drug-likeness (QED) is 0.704. The van der Waals surface area contributed by atoms with Crippen LogP contribution in [0.2, 0.25) is 5.02 Å². The van der Waals surface area contributed by atoms with Crippen LogP contribution in [-0.4, -0.2) is 16.5 Å². The molecule has 0 fully saturated rings. The van der Waals surface area contributed by atoms with Crippen molar-refractivity contribution >= 4 is 34.6 Å². The number of nitrogens with two attached hydrogens (primary N) is 1. The minimum Gasteiger partial charge on any atom is -0.393 e. The van der Waals surface area contributed by atoms with Crippen LogP contribution in [0.3, 0.4) is 0 Å². The molecule has 112 valence electrons. The minimum atomic E-state index is 0.505. The first-order chi connectivity index (χ1) is 10.1. The van der Waals surface area contributed by atoms with Crippen LogP contribution >= 0.6 is 11.6 Å². The van der Waals surface area contributed by atoms with Gasteiger partial charge < -0.3 is 16.4 Å². The SMILES string of the molecule is CCCCNc1ncnc(Nc2ccc(C)c(Cl)c2)c1N. The monoisotopic (exact) mass is 305 g/mol. The van der Waals surface area contributed by atoms with E-state index in [1.807, 2.05) is 25.1 Å². The van der Waals surface area contributed by atoms with Crippen molar-refractivity contribution in [1.82, 2.24) is 9.97 Å². The highest BCUT2D eigenvalue weighted by Crippen LogP contribution is 2.27. The molecule has 1 heterocycles. The Bertz CT molecular complexity index is 615. The van der Waals surface area contributed by atoms with E-state index >= 15 is 0 Å². The molecule has 0 saturated heterocycles. The summed E-state index contributed by atoms with van der Waals surface area (Å²) in [7, 11) is 0. The summed E-state index contributed by atoms with van der Waals surface area (Å²) in [5, 5.41) is 7.09. The van der Waals surface area contributed by atoms with Crippen LogP contribution in [0.5, 0.6) is 0 Å². The molecule has 0 aliphatic carbocycles. The van der Waals surface area contributed by atoms with Crippen molar-refractivity contribution in [3.8, 4) is 0 Å². The number of anilines is 4. The third kappa shape index (κ3) is 3.98. The van der Waals surface area contributed by atoms with E-state index in [9.17, 15) is 0 Å². The molecule has 2 rings (SSSR count). The number of aromatic nitrogens is 2. The standard InChI is InChI=1S/C15H20ClN5/c1-3-4-7-18-14-13(17)15(20-9-19-14)21-11-6-5-10(2)12(16)8-11/h5-6,8-9H,3-4,7,17H2,1-2H3,(H2,18,19,20,21). The molecule has 1 aromatic carbocycles. The Balaban J connectivity index is 2.16. The fourth-order valence-electron chi connectivity index (χ4n) is 1.83. The first kappa shape index (κ1) is 15.4. The molecule has 0 unspecified atom stereocenters. The highest BCUT2D eigenvalue weighted by atomic mass is 35.5. The van der Waals surface area contributed by atoms with Gasteiger partial charge >= 0.3 is 0 Å². The van der Waals surface area contributed by atoms with Gasteiger partial charge in [0.05, 0.1) is 0 Å². The molecule has 5 nitrogen and oxygen atoms in total. The van der Waals surface area contributed by atoms with E-state index in [4.69, 9.17) is 17.3 Å².